The van der Waals surface area contributed by atoms with Crippen molar-refractivity contribution in [2.24, 2.45) is 15.9 Å². The third-order valence-electron chi connectivity index (χ3n) is 3.14. The monoisotopic (exact) mass is 382 g/mol. The number of hydrogen-bond acceptors (Lipinski definition) is 5. The lowest BCUT2D eigenvalue weighted by atomic mass is 10.1. The maximum Gasteiger partial charge on any atom is 0.423 e. The number of nitro groups is 1. The average Bonchev–Trinajstić information content (AvgIpc) is 2.59. The second kappa shape index (κ2) is 8.48. The molecule has 0 aliphatic rings. The Hall–Kier alpha value is -2.88. The second-order valence-electron chi connectivity index (χ2n) is 4.96. The van der Waals surface area contributed by atoms with Crippen LogP contribution in [0.5, 0.6) is 0 Å². The van der Waals surface area contributed by atoms with Gasteiger partial charge in [-0.3, -0.25) is 10.1 Å². The maximum absolute atomic E-state index is 12.9. The van der Waals surface area contributed by atoms with Gasteiger partial charge in [-0.1, -0.05) is 48.2 Å². The van der Waals surface area contributed by atoms with Crippen LogP contribution in [0.15, 0.2) is 58.7 Å². The Labute approximate surface area is 150 Å². The zero-order valence-corrected chi connectivity index (χ0v) is 14.0. The van der Waals surface area contributed by atoms with Crippen LogP contribution in [-0.2, 0) is 11.9 Å². The Morgan fingerprint density at radius 3 is 2.50 bits per heavy atom. The van der Waals surface area contributed by atoms with Crippen LogP contribution in [0, 0.1) is 10.1 Å². The molecule has 2 aromatic rings. The molecule has 0 spiro atoms. The van der Waals surface area contributed by atoms with Gasteiger partial charge in [0.05, 0.1) is 16.7 Å². The number of halogens is 3. The first-order valence-electron chi connectivity index (χ1n) is 7.17. The van der Waals surface area contributed by atoms with Crippen molar-refractivity contribution in [3.05, 3.63) is 75.3 Å². The van der Waals surface area contributed by atoms with Crippen molar-refractivity contribution in [2.75, 3.05) is 0 Å². The first-order chi connectivity index (χ1) is 12.3. The molecule has 0 bridgehead atoms. The van der Waals surface area contributed by atoms with Gasteiger partial charge in [-0.15, -0.1) is 5.10 Å². The van der Waals surface area contributed by atoms with E-state index in [4.69, 9.17) is 5.73 Å². The highest BCUT2D eigenvalue weighted by Crippen LogP contribution is 2.37. The molecule has 0 amide bonds. The Morgan fingerprint density at radius 2 is 1.88 bits per heavy atom. The lowest BCUT2D eigenvalue weighted by Crippen LogP contribution is -2.10. The van der Waals surface area contributed by atoms with Gasteiger partial charge in [-0.2, -0.15) is 18.3 Å². The van der Waals surface area contributed by atoms with Gasteiger partial charge in [0.1, 0.15) is 5.56 Å². The maximum atomic E-state index is 12.9. The predicted octanol–water partition coefficient (Wildman–Crippen LogP) is 4.20. The van der Waals surface area contributed by atoms with Gasteiger partial charge in [0.15, 0.2) is 5.17 Å². The van der Waals surface area contributed by atoms with Crippen LogP contribution in [0.3, 0.4) is 0 Å². The third-order valence-corrected chi connectivity index (χ3v) is 3.99. The molecule has 0 aliphatic heterocycles. The van der Waals surface area contributed by atoms with Crippen molar-refractivity contribution >= 4 is 28.8 Å². The zero-order chi connectivity index (χ0) is 19.2. The van der Waals surface area contributed by atoms with E-state index < -0.39 is 22.4 Å². The summed E-state index contributed by atoms with van der Waals surface area (Å²) in [7, 11) is 0. The second-order valence-corrected chi connectivity index (χ2v) is 5.95. The number of rotatable bonds is 5. The largest absolute Gasteiger partial charge is 0.423 e. The summed E-state index contributed by atoms with van der Waals surface area (Å²) < 4.78 is 38.7. The smallest absolute Gasteiger partial charge is 0.377 e. The quantitative estimate of drug-likeness (QED) is 0.363. The minimum atomic E-state index is -4.85. The summed E-state index contributed by atoms with van der Waals surface area (Å²) in [6, 6.07) is 12.3. The van der Waals surface area contributed by atoms with Crippen LogP contribution in [0.1, 0.15) is 16.7 Å². The van der Waals surface area contributed by atoms with Gasteiger partial charge in [0, 0.05) is 5.75 Å². The number of para-hydroxylation sites is 1. The van der Waals surface area contributed by atoms with Gasteiger partial charge in [0.2, 0.25) is 0 Å². The summed E-state index contributed by atoms with van der Waals surface area (Å²) in [5.74, 6) is 0.537. The number of hydrogen-bond donors (Lipinski definition) is 1. The van der Waals surface area contributed by atoms with Gasteiger partial charge < -0.3 is 5.73 Å². The minimum Gasteiger partial charge on any atom is -0.377 e. The van der Waals surface area contributed by atoms with Crippen molar-refractivity contribution < 1.29 is 18.1 Å². The van der Waals surface area contributed by atoms with Gasteiger partial charge in [-0.05, 0) is 17.7 Å². The molecule has 26 heavy (non-hydrogen) atoms. The summed E-state index contributed by atoms with van der Waals surface area (Å²) in [5, 5.41) is 18.3. The van der Waals surface area contributed by atoms with E-state index in [0.29, 0.717) is 11.8 Å². The Kier molecular flexibility index (Phi) is 6.34. The molecule has 0 unspecified atom stereocenters. The first-order valence-corrected chi connectivity index (χ1v) is 8.15. The van der Waals surface area contributed by atoms with Crippen molar-refractivity contribution in [2.45, 2.75) is 11.9 Å². The zero-order valence-electron chi connectivity index (χ0n) is 13.2. The van der Waals surface area contributed by atoms with E-state index in [1.807, 2.05) is 30.3 Å². The fourth-order valence-corrected chi connectivity index (χ4v) is 2.62. The van der Waals surface area contributed by atoms with E-state index in [9.17, 15) is 23.3 Å². The lowest BCUT2D eigenvalue weighted by Gasteiger charge is -2.08. The lowest BCUT2D eigenvalue weighted by molar-refractivity contribution is -0.388. The summed E-state index contributed by atoms with van der Waals surface area (Å²) in [5.41, 5.74) is 3.94. The van der Waals surface area contributed by atoms with Crippen molar-refractivity contribution in [1.82, 2.24) is 0 Å². The Morgan fingerprint density at radius 1 is 1.19 bits per heavy atom. The molecule has 0 saturated heterocycles. The highest BCUT2D eigenvalue weighted by molar-refractivity contribution is 8.13. The van der Waals surface area contributed by atoms with Gasteiger partial charge in [0.25, 0.3) is 5.69 Å². The van der Waals surface area contributed by atoms with Crippen LogP contribution in [0.4, 0.5) is 18.9 Å². The van der Waals surface area contributed by atoms with Crippen molar-refractivity contribution in [3.63, 3.8) is 0 Å². The summed E-state index contributed by atoms with van der Waals surface area (Å²) in [6.45, 7) is 0. The molecule has 2 N–H and O–H groups in total. The summed E-state index contributed by atoms with van der Waals surface area (Å²) in [6.07, 6.45) is -3.97. The molecule has 2 aromatic carbocycles. The summed E-state index contributed by atoms with van der Waals surface area (Å²) >= 11 is 1.18. The van der Waals surface area contributed by atoms with E-state index in [1.54, 1.807) is 0 Å². The molecular formula is C16H13F3N4O2S. The van der Waals surface area contributed by atoms with Crippen molar-refractivity contribution in [1.29, 1.82) is 0 Å². The molecule has 0 aliphatic carbocycles. The van der Waals surface area contributed by atoms with Gasteiger partial charge in [-0.25, -0.2) is 0 Å². The van der Waals surface area contributed by atoms with Gasteiger partial charge >= 0.3 is 6.18 Å². The van der Waals surface area contributed by atoms with Crippen LogP contribution < -0.4 is 5.73 Å². The standard InChI is InChI=1S/C16H13F3N4O2S/c17-16(18,19)13-8-4-7-12(14(13)23(24)25)9-21-22-15(20)26-10-11-5-2-1-3-6-11/h1-9H,10H2,(H2,20,22). The number of nitrogens with two attached hydrogens (primary N) is 1. The molecule has 2 rings (SSSR count). The molecule has 0 radical (unpaired) electrons. The van der Waals surface area contributed by atoms with Crippen molar-refractivity contribution in [3.8, 4) is 0 Å². The highest BCUT2D eigenvalue weighted by Gasteiger charge is 2.39. The average molecular weight is 382 g/mol. The molecule has 0 fully saturated rings. The number of alkyl halides is 3. The van der Waals surface area contributed by atoms with E-state index >= 15 is 0 Å². The molecule has 10 heteroatoms. The minimum absolute atomic E-state index is 0.0831. The molecule has 0 atom stereocenters. The van der Waals surface area contributed by atoms with E-state index in [0.717, 1.165) is 23.9 Å². The predicted molar refractivity (Wildman–Crippen MR) is 95.1 cm³/mol. The van der Waals surface area contributed by atoms with E-state index in [2.05, 4.69) is 10.2 Å². The number of thioether (sulfide) groups is 1. The highest BCUT2D eigenvalue weighted by atomic mass is 32.2. The Bertz CT molecular complexity index is 839. The van der Waals surface area contributed by atoms with E-state index in [-0.39, 0.29) is 10.7 Å². The third kappa shape index (κ3) is 5.31. The van der Waals surface area contributed by atoms with Crippen LogP contribution >= 0.6 is 11.8 Å². The Balaban J connectivity index is 2.15. The fourth-order valence-electron chi connectivity index (χ4n) is 2.01. The topological polar surface area (TPSA) is 93.9 Å². The molecule has 136 valence electrons. The normalized spacial score (nSPS) is 12.5. The molecular weight excluding hydrogens is 369 g/mol. The number of amidine groups is 1. The number of nitro benzene ring substituents is 1. The summed E-state index contributed by atoms with van der Waals surface area (Å²) in [4.78, 5) is 9.93. The van der Waals surface area contributed by atoms with Crippen LogP contribution in [0.25, 0.3) is 0 Å². The molecule has 6 nitrogen and oxygen atoms in total. The fraction of sp³-hybridized carbons (Fsp3) is 0.125. The van der Waals surface area contributed by atoms with Crippen LogP contribution in [-0.4, -0.2) is 16.3 Å². The SMILES string of the molecule is NC(=NN=Cc1cccc(C(F)(F)F)c1[N+](=O)[O-])SCc1ccccc1. The molecule has 0 heterocycles. The first kappa shape index (κ1) is 19.4. The van der Waals surface area contributed by atoms with Crippen LogP contribution in [0.2, 0.25) is 0 Å². The number of nitrogens with zero attached hydrogens (tertiary/aromatic N) is 3. The molecule has 0 saturated carbocycles. The number of benzene rings is 2. The van der Waals surface area contributed by atoms with E-state index in [1.165, 1.54) is 11.8 Å². The molecule has 0 aromatic heterocycles.